The van der Waals surface area contributed by atoms with E-state index in [9.17, 15) is 5.11 Å². The monoisotopic (exact) mass is 288 g/mol. The normalized spacial score (nSPS) is 54.1. The molecule has 0 aromatic heterocycles. The number of aliphatic hydroxyl groups excluding tert-OH is 1. The Balaban J connectivity index is 1.73. The lowest BCUT2D eigenvalue weighted by molar-refractivity contribution is -0.117. The lowest BCUT2D eigenvalue weighted by atomic mass is 9.42. The highest BCUT2D eigenvalue weighted by atomic mass is 16.3. The fourth-order valence-electron chi connectivity index (χ4n) is 7.50. The third-order valence-electron chi connectivity index (χ3n) is 8.28. The largest absolute Gasteiger partial charge is 0.396 e. The van der Waals surface area contributed by atoms with Gasteiger partial charge in [0.25, 0.3) is 0 Å². The van der Waals surface area contributed by atoms with Crippen molar-refractivity contribution in [2.24, 2.45) is 39.9 Å². The predicted molar refractivity (Wildman–Crippen MR) is 86.8 cm³/mol. The van der Waals surface area contributed by atoms with Gasteiger partial charge in [0.15, 0.2) is 0 Å². The molecule has 1 N–H and O–H groups in total. The smallest absolute Gasteiger partial charge is 0.0465 e. The van der Waals surface area contributed by atoms with Crippen LogP contribution in [0.3, 0.4) is 0 Å². The van der Waals surface area contributed by atoms with Crippen molar-refractivity contribution >= 4 is 0 Å². The number of fused-ring (bicyclic) bond motifs is 3. The Kier molecular flexibility index (Phi) is 2.98. The Labute approximate surface area is 130 Å². The first kappa shape index (κ1) is 14.3. The van der Waals surface area contributed by atoms with E-state index in [1.807, 2.05) is 0 Å². The Morgan fingerprint density at radius 1 is 1.05 bits per heavy atom. The SMILES string of the molecule is CC1(C)CCC[C@]2(C)[C@@H]1CC[C@]13C[C@H](CO)[C@H](C=C[C@H]12)C3. The van der Waals surface area contributed by atoms with Gasteiger partial charge in [-0.15, -0.1) is 0 Å². The highest BCUT2D eigenvalue weighted by molar-refractivity contribution is 5.21. The first-order valence-corrected chi connectivity index (χ1v) is 9.21. The maximum atomic E-state index is 9.75. The minimum atomic E-state index is 0.398. The average molecular weight is 288 g/mol. The summed E-state index contributed by atoms with van der Waals surface area (Å²) in [5, 5.41) is 9.75. The van der Waals surface area contributed by atoms with Gasteiger partial charge in [0.1, 0.15) is 0 Å². The Morgan fingerprint density at radius 3 is 2.62 bits per heavy atom. The van der Waals surface area contributed by atoms with Crippen molar-refractivity contribution in [2.75, 3.05) is 6.61 Å². The van der Waals surface area contributed by atoms with Crippen LogP contribution in [0.5, 0.6) is 0 Å². The molecule has 4 aliphatic rings. The van der Waals surface area contributed by atoms with Gasteiger partial charge >= 0.3 is 0 Å². The van der Waals surface area contributed by atoms with Crippen LogP contribution in [0.4, 0.5) is 0 Å². The van der Waals surface area contributed by atoms with Crippen LogP contribution in [-0.2, 0) is 0 Å². The summed E-state index contributed by atoms with van der Waals surface area (Å²) in [5.41, 5.74) is 1.56. The van der Waals surface area contributed by atoms with E-state index >= 15 is 0 Å². The van der Waals surface area contributed by atoms with E-state index < -0.39 is 0 Å². The summed E-state index contributed by atoms with van der Waals surface area (Å²) in [5.74, 6) is 2.88. The summed E-state index contributed by atoms with van der Waals surface area (Å²) in [6.45, 7) is 8.05. The molecule has 2 bridgehead atoms. The molecule has 0 amide bonds. The molecule has 21 heavy (non-hydrogen) atoms. The molecule has 6 atom stereocenters. The van der Waals surface area contributed by atoms with E-state index in [-0.39, 0.29) is 0 Å². The Bertz CT molecular complexity index is 464. The topological polar surface area (TPSA) is 20.2 Å². The fraction of sp³-hybridized carbons (Fsp3) is 0.900. The van der Waals surface area contributed by atoms with Gasteiger partial charge in [0.2, 0.25) is 0 Å². The van der Waals surface area contributed by atoms with E-state index in [0.29, 0.717) is 34.7 Å². The van der Waals surface area contributed by atoms with Crippen LogP contribution in [0.2, 0.25) is 0 Å². The second kappa shape index (κ2) is 4.37. The zero-order valence-corrected chi connectivity index (χ0v) is 14.1. The van der Waals surface area contributed by atoms with E-state index in [2.05, 4.69) is 32.9 Å². The van der Waals surface area contributed by atoms with Gasteiger partial charge in [-0.3, -0.25) is 0 Å². The molecule has 0 radical (unpaired) electrons. The Morgan fingerprint density at radius 2 is 1.86 bits per heavy atom. The Hall–Kier alpha value is -0.300. The standard InChI is InChI=1S/C20H32O/c1-18(2)8-4-9-19(3)16(18)7-10-20-11-14(5-6-17(19)20)15(12-20)13-21/h5-6,14-17,21H,4,7-13H2,1-3H3/t14-,15-,16-,17+,19-,20+/m1/s1. The molecule has 0 aromatic carbocycles. The van der Waals surface area contributed by atoms with E-state index in [1.165, 1.54) is 44.9 Å². The highest BCUT2D eigenvalue weighted by Crippen LogP contribution is 2.70. The summed E-state index contributed by atoms with van der Waals surface area (Å²) in [4.78, 5) is 0. The molecule has 118 valence electrons. The van der Waals surface area contributed by atoms with Crippen LogP contribution in [0, 0.1) is 39.9 Å². The van der Waals surface area contributed by atoms with Crippen LogP contribution in [0.1, 0.15) is 65.7 Å². The van der Waals surface area contributed by atoms with Gasteiger partial charge in [-0.05, 0) is 78.4 Å². The minimum Gasteiger partial charge on any atom is -0.396 e. The third-order valence-corrected chi connectivity index (χ3v) is 8.28. The zero-order chi connectivity index (χ0) is 14.9. The summed E-state index contributed by atoms with van der Waals surface area (Å²) >= 11 is 0. The minimum absolute atomic E-state index is 0.398. The predicted octanol–water partition coefficient (Wildman–Crippen LogP) is 4.80. The van der Waals surface area contributed by atoms with Crippen LogP contribution >= 0.6 is 0 Å². The van der Waals surface area contributed by atoms with Gasteiger partial charge in [-0.2, -0.15) is 0 Å². The number of hydrogen-bond acceptors (Lipinski definition) is 1. The maximum absolute atomic E-state index is 9.75. The molecule has 3 fully saturated rings. The van der Waals surface area contributed by atoms with Crippen molar-refractivity contribution in [2.45, 2.75) is 65.7 Å². The van der Waals surface area contributed by atoms with E-state index in [0.717, 1.165) is 11.8 Å². The van der Waals surface area contributed by atoms with Gasteiger partial charge in [0, 0.05) is 6.61 Å². The zero-order valence-electron chi connectivity index (χ0n) is 14.1. The lowest BCUT2D eigenvalue weighted by Gasteiger charge is -2.62. The van der Waals surface area contributed by atoms with Crippen molar-refractivity contribution in [3.63, 3.8) is 0 Å². The molecule has 0 aromatic rings. The molecule has 1 nitrogen and oxygen atoms in total. The molecular formula is C20H32O. The molecule has 0 saturated heterocycles. The van der Waals surface area contributed by atoms with E-state index in [1.54, 1.807) is 0 Å². The average Bonchev–Trinajstić information content (AvgIpc) is 2.68. The molecule has 1 heteroatoms. The second-order valence-electron chi connectivity index (χ2n) is 9.68. The third kappa shape index (κ3) is 1.79. The van der Waals surface area contributed by atoms with Crippen LogP contribution < -0.4 is 0 Å². The van der Waals surface area contributed by atoms with Gasteiger partial charge in [0.05, 0.1) is 0 Å². The van der Waals surface area contributed by atoms with Crippen LogP contribution in [0.15, 0.2) is 12.2 Å². The number of hydrogen-bond donors (Lipinski definition) is 1. The van der Waals surface area contributed by atoms with Gasteiger partial charge < -0.3 is 5.11 Å². The van der Waals surface area contributed by atoms with Crippen molar-refractivity contribution in [1.29, 1.82) is 0 Å². The van der Waals surface area contributed by atoms with Crippen molar-refractivity contribution in [1.82, 2.24) is 0 Å². The van der Waals surface area contributed by atoms with Crippen molar-refractivity contribution in [3.8, 4) is 0 Å². The molecular weight excluding hydrogens is 256 g/mol. The number of aliphatic hydroxyl groups is 1. The number of rotatable bonds is 1. The molecule has 3 saturated carbocycles. The second-order valence-corrected chi connectivity index (χ2v) is 9.68. The lowest BCUT2D eigenvalue weighted by Crippen LogP contribution is -2.54. The highest BCUT2D eigenvalue weighted by Gasteiger charge is 2.62. The molecule has 4 aliphatic carbocycles. The van der Waals surface area contributed by atoms with Crippen LogP contribution in [0.25, 0.3) is 0 Å². The summed E-state index contributed by atoms with van der Waals surface area (Å²) < 4.78 is 0. The summed E-state index contributed by atoms with van der Waals surface area (Å²) in [6.07, 6.45) is 14.8. The van der Waals surface area contributed by atoms with Gasteiger partial charge in [-0.1, -0.05) is 39.3 Å². The molecule has 0 unspecified atom stereocenters. The summed E-state index contributed by atoms with van der Waals surface area (Å²) in [6, 6.07) is 0. The molecule has 0 heterocycles. The molecule has 0 aliphatic heterocycles. The maximum Gasteiger partial charge on any atom is 0.0465 e. The van der Waals surface area contributed by atoms with Crippen LogP contribution in [-0.4, -0.2) is 11.7 Å². The molecule has 4 rings (SSSR count). The molecule has 1 spiro atoms. The first-order chi connectivity index (χ1) is 9.91. The van der Waals surface area contributed by atoms with Crippen molar-refractivity contribution < 1.29 is 5.11 Å². The van der Waals surface area contributed by atoms with Crippen molar-refractivity contribution in [3.05, 3.63) is 12.2 Å². The van der Waals surface area contributed by atoms with E-state index in [4.69, 9.17) is 0 Å². The van der Waals surface area contributed by atoms with Gasteiger partial charge in [-0.25, -0.2) is 0 Å². The number of allylic oxidation sites excluding steroid dienone is 2. The first-order valence-electron chi connectivity index (χ1n) is 9.21. The quantitative estimate of drug-likeness (QED) is 0.687. The summed E-state index contributed by atoms with van der Waals surface area (Å²) in [7, 11) is 0. The fourth-order valence-corrected chi connectivity index (χ4v) is 7.50.